The summed E-state index contributed by atoms with van der Waals surface area (Å²) in [5.41, 5.74) is 0. The Hall–Kier alpha value is -1.86. The fourth-order valence-electron chi connectivity index (χ4n) is 2.40. The molecule has 2 aromatic heterocycles. The van der Waals surface area contributed by atoms with Gasteiger partial charge in [0.2, 0.25) is 10.0 Å². The lowest BCUT2D eigenvalue weighted by molar-refractivity contribution is 0.497. The molecule has 2 heterocycles. The molecule has 0 saturated heterocycles. The average Bonchev–Trinajstić information content (AvgIpc) is 3.06. The highest BCUT2D eigenvalue weighted by Gasteiger charge is 2.18. The van der Waals surface area contributed by atoms with Gasteiger partial charge in [-0.3, -0.25) is 0 Å². The maximum absolute atomic E-state index is 12.3. The summed E-state index contributed by atoms with van der Waals surface area (Å²) in [6.45, 7) is 5.94. The van der Waals surface area contributed by atoms with Crippen molar-refractivity contribution in [1.29, 1.82) is 0 Å². The van der Waals surface area contributed by atoms with E-state index in [-0.39, 0.29) is 17.0 Å². The van der Waals surface area contributed by atoms with Gasteiger partial charge in [0.25, 0.3) is 0 Å². The van der Waals surface area contributed by atoms with Gasteiger partial charge in [-0.05, 0) is 44.0 Å². The number of furan rings is 1. The molecule has 1 atom stereocenters. The molecule has 0 aromatic carbocycles. The Balaban J connectivity index is 1.99. The SMILES string of the molecule is CCC(CC)NS(=O)(=O)c1ccc(NC(C)Cc2ccco2)nc1. The van der Waals surface area contributed by atoms with Gasteiger partial charge in [-0.15, -0.1) is 0 Å². The minimum Gasteiger partial charge on any atom is -0.469 e. The summed E-state index contributed by atoms with van der Waals surface area (Å²) >= 11 is 0. The second kappa shape index (κ2) is 8.30. The van der Waals surface area contributed by atoms with Gasteiger partial charge in [0.15, 0.2) is 0 Å². The molecule has 6 nitrogen and oxygen atoms in total. The molecule has 0 aliphatic rings. The summed E-state index contributed by atoms with van der Waals surface area (Å²) in [5, 5.41) is 3.24. The van der Waals surface area contributed by atoms with E-state index in [1.165, 1.54) is 6.20 Å². The van der Waals surface area contributed by atoms with E-state index in [1.807, 2.05) is 32.9 Å². The lowest BCUT2D eigenvalue weighted by Gasteiger charge is -2.16. The Morgan fingerprint density at radius 3 is 2.50 bits per heavy atom. The molecule has 0 radical (unpaired) electrons. The molecular weight excluding hydrogens is 326 g/mol. The summed E-state index contributed by atoms with van der Waals surface area (Å²) in [7, 11) is -3.53. The summed E-state index contributed by atoms with van der Waals surface area (Å²) in [6.07, 6.45) is 5.27. The van der Waals surface area contributed by atoms with Gasteiger partial charge >= 0.3 is 0 Å². The quantitative estimate of drug-likeness (QED) is 0.725. The van der Waals surface area contributed by atoms with Crippen molar-refractivity contribution < 1.29 is 12.8 Å². The molecule has 2 N–H and O–H groups in total. The number of sulfonamides is 1. The highest BCUT2D eigenvalue weighted by molar-refractivity contribution is 7.89. The third-order valence-electron chi connectivity index (χ3n) is 3.84. The van der Waals surface area contributed by atoms with Gasteiger partial charge in [-0.2, -0.15) is 0 Å². The van der Waals surface area contributed by atoms with E-state index in [4.69, 9.17) is 4.42 Å². The van der Waals surface area contributed by atoms with Crippen molar-refractivity contribution in [2.24, 2.45) is 0 Å². The van der Waals surface area contributed by atoms with Crippen LogP contribution in [-0.2, 0) is 16.4 Å². The normalized spacial score (nSPS) is 13.2. The van der Waals surface area contributed by atoms with Gasteiger partial charge < -0.3 is 9.73 Å². The number of hydrogen-bond acceptors (Lipinski definition) is 5. The largest absolute Gasteiger partial charge is 0.469 e. The van der Waals surface area contributed by atoms with Crippen LogP contribution >= 0.6 is 0 Å². The summed E-state index contributed by atoms with van der Waals surface area (Å²) in [5.74, 6) is 1.53. The molecular formula is C17H25N3O3S. The lowest BCUT2D eigenvalue weighted by Crippen LogP contribution is -2.33. The third-order valence-corrected chi connectivity index (χ3v) is 5.34. The Kier molecular flexibility index (Phi) is 6.39. The summed E-state index contributed by atoms with van der Waals surface area (Å²) < 4.78 is 32.7. The standard InChI is InChI=1S/C17H25N3O3S/c1-4-14(5-2)20-24(21,22)16-8-9-17(18-12-16)19-13(3)11-15-7-6-10-23-15/h6-10,12-14,20H,4-5,11H2,1-3H3,(H,18,19). The van der Waals surface area contributed by atoms with Crippen LogP contribution in [0.1, 0.15) is 39.4 Å². The number of rotatable bonds is 9. The number of nitrogens with one attached hydrogen (secondary N) is 2. The van der Waals surface area contributed by atoms with Crippen molar-refractivity contribution in [3.63, 3.8) is 0 Å². The minimum absolute atomic E-state index is 0.0545. The highest BCUT2D eigenvalue weighted by Crippen LogP contribution is 2.14. The van der Waals surface area contributed by atoms with Crippen LogP contribution in [0.3, 0.4) is 0 Å². The first kappa shape index (κ1) is 18.5. The van der Waals surface area contributed by atoms with Gasteiger partial charge in [-0.1, -0.05) is 13.8 Å². The third kappa shape index (κ3) is 5.07. The molecule has 2 rings (SSSR count). The van der Waals surface area contributed by atoms with Crippen molar-refractivity contribution in [3.05, 3.63) is 42.5 Å². The predicted molar refractivity (Wildman–Crippen MR) is 94.4 cm³/mol. The predicted octanol–water partition coefficient (Wildman–Crippen LogP) is 3.18. The van der Waals surface area contributed by atoms with Crippen molar-refractivity contribution in [2.75, 3.05) is 5.32 Å². The maximum atomic E-state index is 12.3. The van der Waals surface area contributed by atoms with Crippen LogP contribution in [0, 0.1) is 0 Å². The van der Waals surface area contributed by atoms with Crippen molar-refractivity contribution in [2.45, 2.75) is 57.0 Å². The second-order valence-corrected chi connectivity index (χ2v) is 7.56. The van der Waals surface area contributed by atoms with E-state index in [0.717, 1.165) is 25.0 Å². The van der Waals surface area contributed by atoms with E-state index < -0.39 is 10.0 Å². The fraction of sp³-hybridized carbons (Fsp3) is 0.471. The molecule has 132 valence electrons. The zero-order chi connectivity index (χ0) is 17.6. The molecule has 0 amide bonds. The first-order chi connectivity index (χ1) is 11.4. The van der Waals surface area contributed by atoms with Crippen molar-refractivity contribution >= 4 is 15.8 Å². The highest BCUT2D eigenvalue weighted by atomic mass is 32.2. The average molecular weight is 351 g/mol. The van der Waals surface area contributed by atoms with Gasteiger partial charge in [-0.25, -0.2) is 18.1 Å². The lowest BCUT2D eigenvalue weighted by atomic mass is 10.2. The Morgan fingerprint density at radius 2 is 1.96 bits per heavy atom. The Morgan fingerprint density at radius 1 is 1.21 bits per heavy atom. The smallest absolute Gasteiger partial charge is 0.242 e. The molecule has 24 heavy (non-hydrogen) atoms. The number of nitrogens with zero attached hydrogens (tertiary/aromatic N) is 1. The van der Waals surface area contributed by atoms with Crippen LogP contribution in [0.2, 0.25) is 0 Å². The molecule has 0 bridgehead atoms. The van der Waals surface area contributed by atoms with Gasteiger partial charge in [0, 0.05) is 24.7 Å². The Bertz CT molecular complexity index is 708. The molecule has 2 aromatic rings. The van der Waals surface area contributed by atoms with Crippen LogP contribution in [0.25, 0.3) is 0 Å². The van der Waals surface area contributed by atoms with Crippen LogP contribution < -0.4 is 10.0 Å². The van der Waals surface area contributed by atoms with E-state index in [2.05, 4.69) is 15.0 Å². The van der Waals surface area contributed by atoms with E-state index in [1.54, 1.807) is 18.4 Å². The first-order valence-corrected chi connectivity index (χ1v) is 9.70. The zero-order valence-electron chi connectivity index (χ0n) is 14.3. The monoisotopic (exact) mass is 351 g/mol. The molecule has 0 spiro atoms. The molecule has 0 fully saturated rings. The van der Waals surface area contributed by atoms with E-state index in [9.17, 15) is 8.42 Å². The molecule has 7 heteroatoms. The maximum Gasteiger partial charge on any atom is 0.242 e. The Labute approximate surface area is 143 Å². The van der Waals surface area contributed by atoms with Gasteiger partial charge in [0.1, 0.15) is 16.5 Å². The molecule has 0 aliphatic heterocycles. The number of anilines is 1. The second-order valence-electron chi connectivity index (χ2n) is 5.84. The minimum atomic E-state index is -3.53. The van der Waals surface area contributed by atoms with Crippen LogP contribution in [0.4, 0.5) is 5.82 Å². The van der Waals surface area contributed by atoms with Crippen LogP contribution in [-0.4, -0.2) is 25.5 Å². The van der Waals surface area contributed by atoms with Gasteiger partial charge in [0.05, 0.1) is 6.26 Å². The summed E-state index contributed by atoms with van der Waals surface area (Å²) in [4.78, 5) is 4.39. The zero-order valence-corrected chi connectivity index (χ0v) is 15.1. The van der Waals surface area contributed by atoms with Crippen LogP contribution in [0.5, 0.6) is 0 Å². The van der Waals surface area contributed by atoms with E-state index in [0.29, 0.717) is 5.82 Å². The topological polar surface area (TPSA) is 84.2 Å². The van der Waals surface area contributed by atoms with E-state index >= 15 is 0 Å². The van der Waals surface area contributed by atoms with Crippen LogP contribution in [0.15, 0.2) is 46.0 Å². The fourth-order valence-corrected chi connectivity index (χ4v) is 3.75. The number of aromatic nitrogens is 1. The summed E-state index contributed by atoms with van der Waals surface area (Å²) in [6, 6.07) is 7.09. The molecule has 1 unspecified atom stereocenters. The number of hydrogen-bond donors (Lipinski definition) is 2. The number of pyridine rings is 1. The molecule has 0 saturated carbocycles. The van der Waals surface area contributed by atoms with Crippen molar-refractivity contribution in [3.8, 4) is 0 Å². The van der Waals surface area contributed by atoms with Crippen molar-refractivity contribution in [1.82, 2.24) is 9.71 Å². The first-order valence-electron chi connectivity index (χ1n) is 8.22. The molecule has 0 aliphatic carbocycles.